The third kappa shape index (κ3) is 1.78. The highest BCUT2D eigenvalue weighted by Gasteiger charge is 2.08. The van der Waals surface area contributed by atoms with Gasteiger partial charge in [0, 0.05) is 24.2 Å². The van der Waals surface area contributed by atoms with Gasteiger partial charge < -0.3 is 9.83 Å². The monoisotopic (exact) mass is 240 g/mol. The summed E-state index contributed by atoms with van der Waals surface area (Å²) >= 11 is 0. The van der Waals surface area contributed by atoms with Gasteiger partial charge in [-0.05, 0) is 19.1 Å². The van der Waals surface area contributed by atoms with E-state index >= 15 is 0 Å². The number of fused-ring (bicyclic) bond motifs is 1. The molecule has 0 fully saturated rings. The van der Waals surface area contributed by atoms with E-state index in [-0.39, 0.29) is 0 Å². The first-order valence-electron chi connectivity index (χ1n) is 5.53. The molecule has 0 radical (unpaired) electrons. The lowest BCUT2D eigenvalue weighted by Crippen LogP contribution is -2.10. The molecular formula is C12H12N6. The first-order chi connectivity index (χ1) is 8.76. The second-order valence-electron chi connectivity index (χ2n) is 3.95. The SMILES string of the molecule is Cc1cc(NN)nc(-c2cn3ccccc3n2)n1. The third-order valence-corrected chi connectivity index (χ3v) is 2.60. The van der Waals surface area contributed by atoms with Crippen molar-refractivity contribution in [2.24, 2.45) is 5.84 Å². The fourth-order valence-corrected chi connectivity index (χ4v) is 1.80. The molecule has 3 heterocycles. The molecule has 3 aromatic rings. The van der Waals surface area contributed by atoms with Crippen LogP contribution in [0.15, 0.2) is 36.7 Å². The van der Waals surface area contributed by atoms with Crippen LogP contribution in [-0.4, -0.2) is 19.4 Å². The lowest BCUT2D eigenvalue weighted by atomic mass is 10.3. The zero-order chi connectivity index (χ0) is 12.5. The van der Waals surface area contributed by atoms with Crippen molar-refractivity contribution >= 4 is 11.5 Å². The van der Waals surface area contributed by atoms with Crippen molar-refractivity contribution in [1.82, 2.24) is 19.4 Å². The first kappa shape index (κ1) is 10.7. The second kappa shape index (κ2) is 4.08. The van der Waals surface area contributed by atoms with Crippen molar-refractivity contribution < 1.29 is 0 Å². The number of hydrogen-bond donors (Lipinski definition) is 2. The average Bonchev–Trinajstić information content (AvgIpc) is 2.81. The molecule has 0 amide bonds. The van der Waals surface area contributed by atoms with Crippen LogP contribution >= 0.6 is 0 Å². The van der Waals surface area contributed by atoms with E-state index in [0.29, 0.717) is 11.6 Å². The molecule has 6 nitrogen and oxygen atoms in total. The summed E-state index contributed by atoms with van der Waals surface area (Å²) in [7, 11) is 0. The molecule has 0 aliphatic heterocycles. The van der Waals surface area contributed by atoms with E-state index in [9.17, 15) is 0 Å². The lowest BCUT2D eigenvalue weighted by Gasteiger charge is -2.02. The van der Waals surface area contributed by atoms with Crippen molar-refractivity contribution in [3.63, 3.8) is 0 Å². The highest BCUT2D eigenvalue weighted by atomic mass is 15.3. The number of hydrogen-bond acceptors (Lipinski definition) is 5. The molecule has 0 aromatic carbocycles. The fraction of sp³-hybridized carbons (Fsp3) is 0.0833. The van der Waals surface area contributed by atoms with Gasteiger partial charge in [0.15, 0.2) is 5.82 Å². The van der Waals surface area contributed by atoms with E-state index < -0.39 is 0 Å². The minimum atomic E-state index is 0.562. The zero-order valence-corrected chi connectivity index (χ0v) is 9.83. The summed E-state index contributed by atoms with van der Waals surface area (Å²) in [5.41, 5.74) is 4.95. The minimum absolute atomic E-state index is 0.562. The zero-order valence-electron chi connectivity index (χ0n) is 9.83. The predicted octanol–water partition coefficient (Wildman–Crippen LogP) is 1.39. The van der Waals surface area contributed by atoms with E-state index in [1.165, 1.54) is 0 Å². The number of nitrogens with one attached hydrogen (secondary N) is 1. The van der Waals surface area contributed by atoms with Crippen molar-refractivity contribution in [1.29, 1.82) is 0 Å². The number of rotatable bonds is 2. The standard InChI is InChI=1S/C12H12N6/c1-8-6-10(17-13)16-12(14-8)9-7-18-5-3-2-4-11(18)15-9/h2-7H,13H2,1H3,(H,14,16,17). The van der Waals surface area contributed by atoms with Crippen LogP contribution in [0.1, 0.15) is 5.69 Å². The number of aromatic nitrogens is 4. The minimum Gasteiger partial charge on any atom is -0.308 e. The number of anilines is 1. The van der Waals surface area contributed by atoms with Crippen molar-refractivity contribution in [3.05, 3.63) is 42.4 Å². The molecule has 3 aromatic heterocycles. The molecule has 0 saturated carbocycles. The van der Waals surface area contributed by atoms with Gasteiger partial charge >= 0.3 is 0 Å². The topological polar surface area (TPSA) is 81.1 Å². The molecule has 0 aliphatic rings. The van der Waals surface area contributed by atoms with Gasteiger partial charge in [-0.1, -0.05) is 6.07 Å². The molecule has 6 heteroatoms. The van der Waals surface area contributed by atoms with E-state index in [1.807, 2.05) is 41.9 Å². The van der Waals surface area contributed by atoms with Crippen LogP contribution in [0.4, 0.5) is 5.82 Å². The van der Waals surface area contributed by atoms with Gasteiger partial charge in [-0.2, -0.15) is 0 Å². The molecule has 3 N–H and O–H groups in total. The van der Waals surface area contributed by atoms with E-state index in [0.717, 1.165) is 17.0 Å². The Labute approximate surface area is 103 Å². The van der Waals surface area contributed by atoms with Crippen molar-refractivity contribution in [3.8, 4) is 11.5 Å². The van der Waals surface area contributed by atoms with Gasteiger partial charge in [0.1, 0.15) is 17.2 Å². The number of imidazole rings is 1. The van der Waals surface area contributed by atoms with Gasteiger partial charge in [0.2, 0.25) is 0 Å². The van der Waals surface area contributed by atoms with E-state index in [4.69, 9.17) is 5.84 Å². The Balaban J connectivity index is 2.16. The maximum absolute atomic E-state index is 5.37. The number of nitrogen functional groups attached to an aromatic ring is 1. The maximum Gasteiger partial charge on any atom is 0.182 e. The number of nitrogens with two attached hydrogens (primary N) is 1. The normalized spacial score (nSPS) is 10.8. The summed E-state index contributed by atoms with van der Waals surface area (Å²) < 4.78 is 1.93. The van der Waals surface area contributed by atoms with Crippen LogP contribution in [0.2, 0.25) is 0 Å². The summed E-state index contributed by atoms with van der Waals surface area (Å²) in [5.74, 6) is 6.51. The van der Waals surface area contributed by atoms with Crippen LogP contribution in [0, 0.1) is 6.92 Å². The van der Waals surface area contributed by atoms with Gasteiger partial charge in [-0.25, -0.2) is 20.8 Å². The van der Waals surface area contributed by atoms with E-state index in [1.54, 1.807) is 6.07 Å². The van der Waals surface area contributed by atoms with Crippen LogP contribution in [0.5, 0.6) is 0 Å². The molecule has 18 heavy (non-hydrogen) atoms. The predicted molar refractivity (Wildman–Crippen MR) is 68.8 cm³/mol. The first-order valence-corrected chi connectivity index (χ1v) is 5.53. The van der Waals surface area contributed by atoms with Gasteiger partial charge in [0.25, 0.3) is 0 Å². The molecule has 90 valence electrons. The van der Waals surface area contributed by atoms with Crippen LogP contribution in [0.3, 0.4) is 0 Å². The number of hydrazine groups is 1. The Bertz CT molecular complexity index is 670. The summed E-state index contributed by atoms with van der Waals surface area (Å²) in [4.78, 5) is 13.1. The fourth-order valence-electron chi connectivity index (χ4n) is 1.80. The van der Waals surface area contributed by atoms with Crippen LogP contribution in [0.25, 0.3) is 17.2 Å². The third-order valence-electron chi connectivity index (χ3n) is 2.60. The number of nitrogens with zero attached hydrogens (tertiary/aromatic N) is 4. The molecule has 3 rings (SSSR count). The Kier molecular flexibility index (Phi) is 2.42. The molecular weight excluding hydrogens is 228 g/mol. The Morgan fingerprint density at radius 2 is 2.11 bits per heavy atom. The summed E-state index contributed by atoms with van der Waals surface area (Å²) in [5, 5.41) is 0. The maximum atomic E-state index is 5.37. The van der Waals surface area contributed by atoms with Gasteiger partial charge in [-0.3, -0.25) is 0 Å². The second-order valence-corrected chi connectivity index (χ2v) is 3.95. The van der Waals surface area contributed by atoms with E-state index in [2.05, 4.69) is 20.4 Å². The van der Waals surface area contributed by atoms with Gasteiger partial charge in [-0.15, -0.1) is 0 Å². The number of pyridine rings is 1. The molecule has 0 saturated heterocycles. The smallest absolute Gasteiger partial charge is 0.182 e. The molecule has 0 unspecified atom stereocenters. The lowest BCUT2D eigenvalue weighted by molar-refractivity contribution is 1.08. The quantitative estimate of drug-likeness (QED) is 0.522. The van der Waals surface area contributed by atoms with Crippen LogP contribution < -0.4 is 11.3 Å². The highest BCUT2D eigenvalue weighted by Crippen LogP contribution is 2.17. The molecule has 0 spiro atoms. The van der Waals surface area contributed by atoms with Gasteiger partial charge in [0.05, 0.1) is 0 Å². The number of aryl methyl sites for hydroxylation is 1. The Hall–Kier alpha value is -2.47. The summed E-state index contributed by atoms with van der Waals surface area (Å²) in [6.45, 7) is 1.89. The highest BCUT2D eigenvalue weighted by molar-refractivity contribution is 5.57. The largest absolute Gasteiger partial charge is 0.308 e. The molecule has 0 atom stereocenters. The molecule has 0 aliphatic carbocycles. The average molecular weight is 240 g/mol. The van der Waals surface area contributed by atoms with Crippen molar-refractivity contribution in [2.75, 3.05) is 5.43 Å². The summed E-state index contributed by atoms with van der Waals surface area (Å²) in [6.07, 6.45) is 3.83. The van der Waals surface area contributed by atoms with Crippen LogP contribution in [-0.2, 0) is 0 Å². The molecule has 0 bridgehead atoms. The summed E-state index contributed by atoms with van der Waals surface area (Å²) in [6, 6.07) is 7.60. The Morgan fingerprint density at radius 1 is 1.22 bits per heavy atom. The van der Waals surface area contributed by atoms with Crippen molar-refractivity contribution in [2.45, 2.75) is 6.92 Å². The Morgan fingerprint density at radius 3 is 2.89 bits per heavy atom.